The summed E-state index contributed by atoms with van der Waals surface area (Å²) in [6, 6.07) is 5.52. The molecule has 0 bridgehead atoms. The lowest BCUT2D eigenvalue weighted by molar-refractivity contribution is 0.262. The van der Waals surface area contributed by atoms with Gasteiger partial charge in [0.1, 0.15) is 5.82 Å². The van der Waals surface area contributed by atoms with E-state index in [1.54, 1.807) is 13.0 Å². The molecule has 1 saturated carbocycles. The fraction of sp³-hybridized carbons (Fsp3) is 0.647. The highest BCUT2D eigenvalue weighted by atomic mass is 19.1. The summed E-state index contributed by atoms with van der Waals surface area (Å²) in [7, 11) is 0. The number of halogens is 1. The SMILES string of the molecule is CCC1CCC(CNCc2ccc(C)c(F)c2)CC1. The Morgan fingerprint density at radius 3 is 2.47 bits per heavy atom. The minimum Gasteiger partial charge on any atom is -0.312 e. The summed E-state index contributed by atoms with van der Waals surface area (Å²) in [6.07, 6.45) is 6.83. The Hall–Kier alpha value is -0.890. The van der Waals surface area contributed by atoms with E-state index >= 15 is 0 Å². The lowest BCUT2D eigenvalue weighted by atomic mass is 9.81. The Kier molecular flexibility index (Phi) is 5.38. The second-order valence-corrected chi connectivity index (χ2v) is 6.01. The number of rotatable bonds is 5. The minimum absolute atomic E-state index is 0.0947. The van der Waals surface area contributed by atoms with Gasteiger partial charge in [-0.1, -0.05) is 38.3 Å². The Labute approximate surface area is 116 Å². The van der Waals surface area contributed by atoms with Gasteiger partial charge < -0.3 is 5.32 Å². The van der Waals surface area contributed by atoms with Crippen LogP contribution in [0.5, 0.6) is 0 Å². The van der Waals surface area contributed by atoms with Crippen molar-refractivity contribution in [1.82, 2.24) is 5.32 Å². The monoisotopic (exact) mass is 263 g/mol. The van der Waals surface area contributed by atoms with Crippen molar-refractivity contribution in [3.8, 4) is 0 Å². The lowest BCUT2D eigenvalue weighted by Crippen LogP contribution is -2.26. The summed E-state index contributed by atoms with van der Waals surface area (Å²) in [5, 5.41) is 3.48. The van der Waals surface area contributed by atoms with Gasteiger partial charge in [-0.05, 0) is 55.3 Å². The third-order valence-electron chi connectivity index (χ3n) is 4.54. The van der Waals surface area contributed by atoms with Crippen LogP contribution in [0.3, 0.4) is 0 Å². The molecule has 0 saturated heterocycles. The molecule has 1 aromatic carbocycles. The molecule has 0 amide bonds. The highest BCUT2D eigenvalue weighted by Gasteiger charge is 2.19. The molecule has 0 heterocycles. The molecule has 0 aliphatic heterocycles. The van der Waals surface area contributed by atoms with Crippen LogP contribution >= 0.6 is 0 Å². The third kappa shape index (κ3) is 4.31. The number of aryl methyl sites for hydroxylation is 1. The maximum Gasteiger partial charge on any atom is 0.126 e. The molecule has 2 heteroatoms. The van der Waals surface area contributed by atoms with Crippen LogP contribution in [0.1, 0.15) is 50.2 Å². The van der Waals surface area contributed by atoms with Crippen LogP contribution in [-0.2, 0) is 6.54 Å². The van der Waals surface area contributed by atoms with Crippen molar-refractivity contribution in [2.45, 2.75) is 52.5 Å². The van der Waals surface area contributed by atoms with Gasteiger partial charge in [0, 0.05) is 6.54 Å². The van der Waals surface area contributed by atoms with E-state index in [9.17, 15) is 4.39 Å². The van der Waals surface area contributed by atoms with Gasteiger partial charge in [-0.15, -0.1) is 0 Å². The molecule has 0 unspecified atom stereocenters. The predicted molar refractivity (Wildman–Crippen MR) is 78.6 cm³/mol. The molecule has 1 aliphatic carbocycles. The number of hydrogen-bond acceptors (Lipinski definition) is 1. The van der Waals surface area contributed by atoms with Crippen molar-refractivity contribution in [3.63, 3.8) is 0 Å². The van der Waals surface area contributed by atoms with Gasteiger partial charge >= 0.3 is 0 Å². The van der Waals surface area contributed by atoms with Crippen LogP contribution in [-0.4, -0.2) is 6.54 Å². The summed E-state index contributed by atoms with van der Waals surface area (Å²) < 4.78 is 13.4. The molecule has 2 rings (SSSR count). The van der Waals surface area contributed by atoms with Crippen molar-refractivity contribution in [1.29, 1.82) is 0 Å². The Balaban J connectivity index is 1.70. The summed E-state index contributed by atoms with van der Waals surface area (Å²) in [4.78, 5) is 0. The maximum atomic E-state index is 13.4. The first-order valence-electron chi connectivity index (χ1n) is 7.64. The van der Waals surface area contributed by atoms with E-state index in [-0.39, 0.29) is 5.82 Å². The molecule has 1 aromatic rings. The summed E-state index contributed by atoms with van der Waals surface area (Å²) in [6.45, 7) is 5.96. The second kappa shape index (κ2) is 7.04. The lowest BCUT2D eigenvalue weighted by Gasteiger charge is -2.27. The van der Waals surface area contributed by atoms with Gasteiger partial charge in [-0.2, -0.15) is 0 Å². The zero-order valence-electron chi connectivity index (χ0n) is 12.2. The van der Waals surface area contributed by atoms with Gasteiger partial charge in [-0.25, -0.2) is 4.39 Å². The summed E-state index contributed by atoms with van der Waals surface area (Å²) in [5.41, 5.74) is 1.77. The Morgan fingerprint density at radius 1 is 1.16 bits per heavy atom. The number of benzene rings is 1. The fourth-order valence-corrected chi connectivity index (χ4v) is 3.01. The predicted octanol–water partition coefficient (Wildman–Crippen LogP) is 4.44. The Bertz CT molecular complexity index is 394. The van der Waals surface area contributed by atoms with Crippen molar-refractivity contribution >= 4 is 0 Å². The molecule has 1 N–H and O–H groups in total. The standard InChI is InChI=1S/C17H26FN/c1-3-14-6-8-15(9-7-14)11-19-12-16-5-4-13(2)17(18)10-16/h4-5,10,14-15,19H,3,6-9,11-12H2,1-2H3. The molecule has 1 fully saturated rings. The van der Waals surface area contributed by atoms with E-state index in [1.807, 2.05) is 12.1 Å². The van der Waals surface area contributed by atoms with Crippen LogP contribution in [0.15, 0.2) is 18.2 Å². The first-order valence-corrected chi connectivity index (χ1v) is 7.64. The molecule has 0 spiro atoms. The van der Waals surface area contributed by atoms with Crippen LogP contribution < -0.4 is 5.32 Å². The van der Waals surface area contributed by atoms with E-state index in [0.717, 1.165) is 36.1 Å². The normalized spacial score (nSPS) is 23.5. The second-order valence-electron chi connectivity index (χ2n) is 6.01. The zero-order chi connectivity index (χ0) is 13.7. The molecule has 0 radical (unpaired) electrons. The first kappa shape index (κ1) is 14.5. The molecule has 106 valence electrons. The molecule has 0 atom stereocenters. The van der Waals surface area contributed by atoms with Crippen molar-refractivity contribution in [2.24, 2.45) is 11.8 Å². The molecule has 1 aliphatic rings. The smallest absolute Gasteiger partial charge is 0.126 e. The van der Waals surface area contributed by atoms with Gasteiger partial charge in [0.25, 0.3) is 0 Å². The minimum atomic E-state index is -0.0947. The molecule has 19 heavy (non-hydrogen) atoms. The van der Waals surface area contributed by atoms with E-state index in [0.29, 0.717) is 0 Å². The van der Waals surface area contributed by atoms with E-state index < -0.39 is 0 Å². The van der Waals surface area contributed by atoms with E-state index in [2.05, 4.69) is 12.2 Å². The summed E-state index contributed by atoms with van der Waals surface area (Å²) in [5.74, 6) is 1.68. The zero-order valence-corrected chi connectivity index (χ0v) is 12.2. The molecule has 0 aromatic heterocycles. The number of nitrogens with one attached hydrogen (secondary N) is 1. The fourth-order valence-electron chi connectivity index (χ4n) is 3.01. The van der Waals surface area contributed by atoms with Crippen molar-refractivity contribution in [3.05, 3.63) is 35.1 Å². The molecule has 1 nitrogen and oxygen atoms in total. The number of hydrogen-bond donors (Lipinski definition) is 1. The Morgan fingerprint density at radius 2 is 1.84 bits per heavy atom. The van der Waals surface area contributed by atoms with Crippen LogP contribution in [0.25, 0.3) is 0 Å². The largest absolute Gasteiger partial charge is 0.312 e. The quantitative estimate of drug-likeness (QED) is 0.828. The highest BCUT2D eigenvalue weighted by Crippen LogP contribution is 2.30. The molecular formula is C17H26FN. The van der Waals surface area contributed by atoms with Crippen molar-refractivity contribution < 1.29 is 4.39 Å². The van der Waals surface area contributed by atoms with Crippen molar-refractivity contribution in [2.75, 3.05) is 6.54 Å². The van der Waals surface area contributed by atoms with Crippen LogP contribution in [0.2, 0.25) is 0 Å². The van der Waals surface area contributed by atoms with Gasteiger partial charge in [0.05, 0.1) is 0 Å². The summed E-state index contributed by atoms with van der Waals surface area (Å²) >= 11 is 0. The van der Waals surface area contributed by atoms with Gasteiger partial charge in [0.2, 0.25) is 0 Å². The van der Waals surface area contributed by atoms with Gasteiger partial charge in [0.15, 0.2) is 0 Å². The van der Waals surface area contributed by atoms with Crippen LogP contribution in [0.4, 0.5) is 4.39 Å². The van der Waals surface area contributed by atoms with E-state index in [1.165, 1.54) is 32.1 Å². The maximum absolute atomic E-state index is 13.4. The van der Waals surface area contributed by atoms with Gasteiger partial charge in [-0.3, -0.25) is 0 Å². The highest BCUT2D eigenvalue weighted by molar-refractivity contribution is 5.23. The third-order valence-corrected chi connectivity index (χ3v) is 4.54. The first-order chi connectivity index (χ1) is 9.19. The average molecular weight is 263 g/mol. The molecular weight excluding hydrogens is 237 g/mol. The van der Waals surface area contributed by atoms with Crippen LogP contribution in [0, 0.1) is 24.6 Å². The van der Waals surface area contributed by atoms with E-state index in [4.69, 9.17) is 0 Å². The average Bonchev–Trinajstić information content (AvgIpc) is 2.43. The topological polar surface area (TPSA) is 12.0 Å².